The summed E-state index contributed by atoms with van der Waals surface area (Å²) in [5, 5.41) is 0. The molecule has 2 saturated heterocycles. The molecule has 0 atom stereocenters. The van der Waals surface area contributed by atoms with Crippen LogP contribution in [0.15, 0.2) is 36.4 Å². The Kier molecular flexibility index (Phi) is 16.1. The van der Waals surface area contributed by atoms with Gasteiger partial charge in [0.05, 0.1) is 26.3 Å². The maximum atomic E-state index is 12.3. The summed E-state index contributed by atoms with van der Waals surface area (Å²) in [5.74, 6) is 2.27. The molecular weight excluding hydrogens is 652 g/mol. The summed E-state index contributed by atoms with van der Waals surface area (Å²) in [7, 11) is 7.74. The van der Waals surface area contributed by atoms with Crippen LogP contribution in [0.3, 0.4) is 0 Å². The van der Waals surface area contributed by atoms with Crippen LogP contribution in [0.25, 0.3) is 0 Å². The Balaban J connectivity index is 0.000000201. The number of amides is 2. The number of piperidine rings is 2. The van der Waals surface area contributed by atoms with Crippen LogP contribution in [0.5, 0.6) is 11.5 Å². The molecule has 2 aromatic rings. The summed E-state index contributed by atoms with van der Waals surface area (Å²) in [4.78, 5) is 37.5. The van der Waals surface area contributed by atoms with Crippen molar-refractivity contribution >= 4 is 11.8 Å². The second-order valence-corrected chi connectivity index (χ2v) is 15.7. The molecule has 4 aliphatic heterocycles. The van der Waals surface area contributed by atoms with Crippen molar-refractivity contribution in [2.75, 3.05) is 107 Å². The van der Waals surface area contributed by atoms with E-state index in [0.29, 0.717) is 26.2 Å². The first-order valence-corrected chi connectivity index (χ1v) is 20.0. The summed E-state index contributed by atoms with van der Waals surface area (Å²) in [5.41, 5.74) is 5.16. The molecule has 6 rings (SSSR count). The molecule has 2 fully saturated rings. The topological polar surface area (TPSA) is 72.0 Å². The van der Waals surface area contributed by atoms with E-state index in [-0.39, 0.29) is 11.8 Å². The van der Waals surface area contributed by atoms with E-state index in [1.165, 1.54) is 87.0 Å². The largest absolute Gasteiger partial charge is 0.494 e. The fourth-order valence-electron chi connectivity index (χ4n) is 7.74. The van der Waals surface area contributed by atoms with Gasteiger partial charge in [0.25, 0.3) is 0 Å². The fraction of sp³-hybridized carbons (Fsp3) is 0.667. The van der Waals surface area contributed by atoms with E-state index in [4.69, 9.17) is 9.47 Å². The third-order valence-electron chi connectivity index (χ3n) is 10.7. The van der Waals surface area contributed by atoms with E-state index in [2.05, 4.69) is 46.2 Å². The lowest BCUT2D eigenvalue weighted by Gasteiger charge is -2.30. The summed E-state index contributed by atoms with van der Waals surface area (Å²) in [6.07, 6.45) is 12.2. The molecule has 288 valence electrons. The van der Waals surface area contributed by atoms with Crippen molar-refractivity contribution in [1.82, 2.24) is 29.4 Å². The molecule has 0 aliphatic carbocycles. The van der Waals surface area contributed by atoms with E-state index in [9.17, 15) is 9.59 Å². The number of hydrogen-bond acceptors (Lipinski definition) is 8. The second-order valence-electron chi connectivity index (χ2n) is 15.7. The molecule has 4 heterocycles. The lowest BCUT2D eigenvalue weighted by atomic mass is 9.99. The third-order valence-corrected chi connectivity index (χ3v) is 10.7. The molecule has 0 radical (unpaired) electrons. The second kappa shape index (κ2) is 20.9. The number of carbonyl (C=O) groups excluding carboxylic acids is 2. The van der Waals surface area contributed by atoms with Crippen molar-refractivity contribution in [2.45, 2.75) is 77.3 Å². The van der Waals surface area contributed by atoms with Gasteiger partial charge in [-0.15, -0.1) is 0 Å². The number of fused-ring (bicyclic) bond motifs is 2. The summed E-state index contributed by atoms with van der Waals surface area (Å²) < 4.78 is 12.0. The van der Waals surface area contributed by atoms with Crippen LogP contribution in [0.4, 0.5) is 0 Å². The van der Waals surface area contributed by atoms with Gasteiger partial charge in [0.2, 0.25) is 11.8 Å². The Hall–Kier alpha value is -3.18. The van der Waals surface area contributed by atoms with Crippen LogP contribution in [0.1, 0.15) is 73.6 Å². The van der Waals surface area contributed by atoms with Crippen LogP contribution in [-0.2, 0) is 35.5 Å². The Morgan fingerprint density at radius 2 is 0.962 bits per heavy atom. The van der Waals surface area contributed by atoms with Crippen LogP contribution in [0.2, 0.25) is 0 Å². The standard InChI is InChI=1S/2C21H33N3O2/c2*1-22(2)17-21(25)24-13-9-18-7-8-20(15-19(18)16-24)26-14-6-12-23-10-4-3-5-11-23/h2*7-8,15H,3-6,9-14,16-17H2,1-2H3. The average Bonchev–Trinajstić information content (AvgIpc) is 3.15. The molecule has 10 nitrogen and oxygen atoms in total. The van der Waals surface area contributed by atoms with E-state index >= 15 is 0 Å². The van der Waals surface area contributed by atoms with E-state index in [1.807, 2.05) is 47.8 Å². The van der Waals surface area contributed by atoms with Gasteiger partial charge >= 0.3 is 0 Å². The van der Waals surface area contributed by atoms with Gasteiger partial charge < -0.3 is 38.9 Å². The summed E-state index contributed by atoms with van der Waals surface area (Å²) in [6, 6.07) is 12.8. The van der Waals surface area contributed by atoms with Crippen LogP contribution in [-0.4, -0.2) is 148 Å². The molecule has 0 unspecified atom stereocenters. The van der Waals surface area contributed by atoms with Crippen molar-refractivity contribution in [1.29, 1.82) is 0 Å². The van der Waals surface area contributed by atoms with Gasteiger partial charge in [-0.1, -0.05) is 25.0 Å². The first-order valence-electron chi connectivity index (χ1n) is 20.0. The van der Waals surface area contributed by atoms with E-state index < -0.39 is 0 Å². The Morgan fingerprint density at radius 3 is 1.35 bits per heavy atom. The number of carbonyl (C=O) groups is 2. The highest BCUT2D eigenvalue weighted by Gasteiger charge is 2.23. The first kappa shape index (κ1) is 40.0. The molecule has 0 bridgehead atoms. The van der Waals surface area contributed by atoms with Gasteiger partial charge in [0.1, 0.15) is 11.5 Å². The Labute approximate surface area is 314 Å². The first-order chi connectivity index (χ1) is 25.2. The van der Waals surface area contributed by atoms with E-state index in [0.717, 1.165) is 76.6 Å². The number of likely N-dealkylation sites (tertiary alicyclic amines) is 2. The zero-order valence-corrected chi connectivity index (χ0v) is 32.8. The Bertz CT molecular complexity index is 1300. The number of rotatable bonds is 14. The number of nitrogens with zero attached hydrogens (tertiary/aromatic N) is 6. The molecule has 0 spiro atoms. The van der Waals surface area contributed by atoms with Gasteiger partial charge in [0.15, 0.2) is 0 Å². The Morgan fingerprint density at radius 1 is 0.558 bits per heavy atom. The van der Waals surface area contributed by atoms with Crippen molar-refractivity contribution in [3.63, 3.8) is 0 Å². The van der Waals surface area contributed by atoms with Gasteiger partial charge in [0, 0.05) is 39.3 Å². The zero-order valence-electron chi connectivity index (χ0n) is 32.8. The highest BCUT2D eigenvalue weighted by atomic mass is 16.5. The van der Waals surface area contributed by atoms with Crippen LogP contribution < -0.4 is 9.47 Å². The lowest BCUT2D eigenvalue weighted by Crippen LogP contribution is -2.40. The smallest absolute Gasteiger partial charge is 0.237 e. The maximum Gasteiger partial charge on any atom is 0.237 e. The van der Waals surface area contributed by atoms with Crippen molar-refractivity contribution in [3.05, 3.63) is 58.7 Å². The maximum absolute atomic E-state index is 12.3. The molecule has 2 amide bonds. The van der Waals surface area contributed by atoms with Gasteiger partial charge in [-0.2, -0.15) is 0 Å². The minimum Gasteiger partial charge on any atom is -0.494 e. The normalized spacial score (nSPS) is 18.0. The SMILES string of the molecule is CN(C)CC(=O)N1CCc2ccc(OCCCN3CCCCC3)cc2C1.CN(C)CC(=O)N1CCc2ccc(OCCCN3CCCCC3)cc2C1. The molecule has 0 saturated carbocycles. The van der Waals surface area contributed by atoms with Crippen molar-refractivity contribution < 1.29 is 19.1 Å². The number of benzene rings is 2. The molecule has 10 heteroatoms. The summed E-state index contributed by atoms with van der Waals surface area (Å²) >= 11 is 0. The van der Waals surface area contributed by atoms with Gasteiger partial charge in [-0.25, -0.2) is 0 Å². The highest BCUT2D eigenvalue weighted by molar-refractivity contribution is 5.79. The number of ether oxygens (including phenoxy) is 2. The van der Waals surface area contributed by atoms with E-state index in [1.54, 1.807) is 0 Å². The molecule has 2 aromatic carbocycles. The molecule has 4 aliphatic rings. The predicted molar refractivity (Wildman–Crippen MR) is 209 cm³/mol. The van der Waals surface area contributed by atoms with Gasteiger partial charge in [-0.3, -0.25) is 9.59 Å². The average molecular weight is 719 g/mol. The molecular formula is C42H66N6O4. The fourth-order valence-corrected chi connectivity index (χ4v) is 7.74. The van der Waals surface area contributed by atoms with Crippen LogP contribution in [0, 0.1) is 0 Å². The molecule has 0 aromatic heterocycles. The molecule has 0 N–H and O–H groups in total. The zero-order chi connectivity index (χ0) is 36.7. The minimum atomic E-state index is 0.202. The summed E-state index contributed by atoms with van der Waals surface area (Å²) in [6.45, 7) is 12.8. The third kappa shape index (κ3) is 13.0. The predicted octanol–water partition coefficient (Wildman–Crippen LogP) is 4.78. The number of likely N-dealkylation sites (N-methyl/N-ethyl adjacent to an activating group) is 2. The van der Waals surface area contributed by atoms with Gasteiger partial charge in [-0.05, 0) is 152 Å². The number of hydrogen-bond donors (Lipinski definition) is 0. The lowest BCUT2D eigenvalue weighted by molar-refractivity contribution is -0.133. The van der Waals surface area contributed by atoms with Crippen molar-refractivity contribution in [2.24, 2.45) is 0 Å². The van der Waals surface area contributed by atoms with Crippen LogP contribution >= 0.6 is 0 Å². The molecule has 52 heavy (non-hydrogen) atoms. The minimum absolute atomic E-state index is 0.202. The van der Waals surface area contributed by atoms with Crippen molar-refractivity contribution in [3.8, 4) is 11.5 Å². The monoisotopic (exact) mass is 719 g/mol. The highest BCUT2D eigenvalue weighted by Crippen LogP contribution is 2.26. The quantitative estimate of drug-likeness (QED) is 0.259.